The number of aromatic carboxylic acids is 1. The SMILES string of the molecule is C=C(/N=C\C(=C(\C)N)c1csc(NC(=O)c2snnc2C)c1C(=O)O)N1CCCCC1. The first kappa shape index (κ1) is 22.6. The number of aryl methyl sites for hydroxylation is 1. The highest BCUT2D eigenvalue weighted by Crippen LogP contribution is 2.34. The smallest absolute Gasteiger partial charge is 0.339 e. The number of hydrogen-bond acceptors (Lipinski definition) is 9. The van der Waals surface area contributed by atoms with Gasteiger partial charge >= 0.3 is 5.97 Å². The number of carbonyl (C=O) groups is 2. The largest absolute Gasteiger partial charge is 0.478 e. The second-order valence-corrected chi connectivity index (χ2v) is 8.75. The van der Waals surface area contributed by atoms with Crippen molar-refractivity contribution in [1.82, 2.24) is 14.5 Å². The first-order valence-corrected chi connectivity index (χ1v) is 11.3. The number of nitrogens with zero attached hydrogens (tertiary/aromatic N) is 4. The maximum atomic E-state index is 12.5. The van der Waals surface area contributed by atoms with Crippen molar-refractivity contribution in [2.45, 2.75) is 33.1 Å². The Kier molecular flexibility index (Phi) is 7.18. The number of thiophene rings is 1. The average molecular weight is 461 g/mol. The summed E-state index contributed by atoms with van der Waals surface area (Å²) in [5, 5.41) is 18.2. The van der Waals surface area contributed by atoms with Gasteiger partial charge in [0, 0.05) is 41.5 Å². The number of nitrogens with one attached hydrogen (secondary N) is 1. The fraction of sp³-hybridized carbons (Fsp3) is 0.350. The zero-order valence-electron chi connectivity index (χ0n) is 17.3. The quantitative estimate of drug-likeness (QED) is 0.538. The van der Waals surface area contributed by atoms with Crippen LogP contribution in [0.3, 0.4) is 0 Å². The molecule has 0 atom stereocenters. The van der Waals surface area contributed by atoms with Crippen molar-refractivity contribution in [2.24, 2.45) is 10.7 Å². The number of rotatable bonds is 7. The van der Waals surface area contributed by atoms with Crippen molar-refractivity contribution in [3.05, 3.63) is 45.2 Å². The Morgan fingerprint density at radius 1 is 1.35 bits per heavy atom. The number of carboxylic acid groups (broad SMARTS) is 1. The molecule has 1 amide bonds. The summed E-state index contributed by atoms with van der Waals surface area (Å²) in [6, 6.07) is 0. The number of piperidine rings is 1. The molecule has 0 bridgehead atoms. The molecule has 4 N–H and O–H groups in total. The first-order valence-electron chi connectivity index (χ1n) is 9.69. The molecular formula is C20H24N6O3S2. The number of carbonyl (C=O) groups excluding carboxylic acids is 1. The van der Waals surface area contributed by atoms with Gasteiger partial charge in [-0.25, -0.2) is 9.79 Å². The molecule has 0 radical (unpaired) electrons. The standard InChI is InChI=1S/C20H24N6O3S2/c1-11(21)14(9-22-13(3)26-7-5-4-6-8-26)15-10-30-19(16(15)20(28)29)23-18(27)17-12(2)24-25-31-17/h9-10H,3-8,21H2,1-2H3,(H,23,27)(H,28,29)/b14-11+,22-9-. The van der Waals surface area contributed by atoms with Crippen LogP contribution in [0.4, 0.5) is 5.00 Å². The Morgan fingerprint density at radius 3 is 2.65 bits per heavy atom. The summed E-state index contributed by atoms with van der Waals surface area (Å²) in [5.41, 5.74) is 7.79. The van der Waals surface area contributed by atoms with Crippen LogP contribution in [0.5, 0.6) is 0 Å². The van der Waals surface area contributed by atoms with E-state index in [0.717, 1.165) is 48.8 Å². The van der Waals surface area contributed by atoms with Crippen LogP contribution >= 0.6 is 22.9 Å². The van der Waals surface area contributed by atoms with E-state index in [1.807, 2.05) is 0 Å². The number of aliphatic imine (C=N–C) groups is 1. The lowest BCUT2D eigenvalue weighted by molar-refractivity contribution is 0.0698. The third-order valence-corrected chi connectivity index (χ3v) is 6.59. The Morgan fingerprint density at radius 2 is 2.06 bits per heavy atom. The number of anilines is 1. The maximum Gasteiger partial charge on any atom is 0.339 e. The molecule has 3 heterocycles. The zero-order chi connectivity index (χ0) is 22.5. The van der Waals surface area contributed by atoms with Crippen molar-refractivity contribution in [3.63, 3.8) is 0 Å². The fourth-order valence-corrected chi connectivity index (χ4v) is 4.72. The van der Waals surface area contributed by atoms with Crippen LogP contribution in [0.1, 0.15) is 57.5 Å². The van der Waals surface area contributed by atoms with E-state index < -0.39 is 11.9 Å². The third kappa shape index (κ3) is 5.17. The molecule has 164 valence electrons. The summed E-state index contributed by atoms with van der Waals surface area (Å²) in [7, 11) is 0. The Labute approximate surface area is 188 Å². The van der Waals surface area contributed by atoms with Crippen LogP contribution in [0.25, 0.3) is 5.57 Å². The minimum absolute atomic E-state index is 0.0386. The normalized spacial score (nSPS) is 15.1. The molecule has 11 heteroatoms. The van der Waals surface area contributed by atoms with E-state index in [9.17, 15) is 14.7 Å². The molecule has 0 spiro atoms. The summed E-state index contributed by atoms with van der Waals surface area (Å²) in [6.07, 6.45) is 4.93. The monoisotopic (exact) mass is 460 g/mol. The topological polar surface area (TPSA) is 134 Å². The van der Waals surface area contributed by atoms with Gasteiger partial charge in [-0.3, -0.25) is 4.79 Å². The Balaban J connectivity index is 1.89. The van der Waals surface area contributed by atoms with E-state index in [1.54, 1.807) is 25.4 Å². The van der Waals surface area contributed by atoms with Gasteiger partial charge in [0.05, 0.1) is 5.69 Å². The van der Waals surface area contributed by atoms with Gasteiger partial charge < -0.3 is 21.1 Å². The van der Waals surface area contributed by atoms with Crippen molar-refractivity contribution < 1.29 is 14.7 Å². The molecule has 1 saturated heterocycles. The van der Waals surface area contributed by atoms with Gasteiger partial charge in [-0.15, -0.1) is 16.4 Å². The minimum atomic E-state index is -1.17. The molecule has 1 aliphatic rings. The number of aromatic nitrogens is 2. The number of allylic oxidation sites excluding steroid dienone is 2. The lowest BCUT2D eigenvalue weighted by atomic mass is 10.0. The van der Waals surface area contributed by atoms with Gasteiger partial charge in [-0.1, -0.05) is 11.1 Å². The predicted molar refractivity (Wildman–Crippen MR) is 124 cm³/mol. The maximum absolute atomic E-state index is 12.5. The van der Waals surface area contributed by atoms with Crippen molar-refractivity contribution in [2.75, 3.05) is 18.4 Å². The van der Waals surface area contributed by atoms with E-state index in [2.05, 4.69) is 31.4 Å². The molecule has 9 nitrogen and oxygen atoms in total. The number of likely N-dealkylation sites (tertiary alicyclic amines) is 1. The van der Waals surface area contributed by atoms with Crippen LogP contribution in [0, 0.1) is 6.92 Å². The average Bonchev–Trinajstić information content (AvgIpc) is 3.34. The lowest BCUT2D eigenvalue weighted by Gasteiger charge is -2.28. The molecule has 31 heavy (non-hydrogen) atoms. The molecule has 1 fully saturated rings. The second kappa shape index (κ2) is 9.84. The zero-order valence-corrected chi connectivity index (χ0v) is 19.0. The molecular weight excluding hydrogens is 436 g/mol. The van der Waals surface area contributed by atoms with Crippen LogP contribution in [0.15, 0.2) is 28.5 Å². The molecule has 0 aliphatic carbocycles. The van der Waals surface area contributed by atoms with Crippen LogP contribution in [-0.4, -0.2) is 50.8 Å². The summed E-state index contributed by atoms with van der Waals surface area (Å²) in [4.78, 5) is 31.5. The van der Waals surface area contributed by atoms with Crippen molar-refractivity contribution in [3.8, 4) is 0 Å². The Bertz CT molecular complexity index is 1060. The molecule has 0 unspecified atom stereocenters. The molecule has 3 rings (SSSR count). The summed E-state index contributed by atoms with van der Waals surface area (Å²) >= 11 is 2.06. The second-order valence-electron chi connectivity index (χ2n) is 7.12. The van der Waals surface area contributed by atoms with E-state index in [0.29, 0.717) is 33.2 Å². The van der Waals surface area contributed by atoms with E-state index >= 15 is 0 Å². The summed E-state index contributed by atoms with van der Waals surface area (Å²) in [6.45, 7) is 9.17. The highest BCUT2D eigenvalue weighted by molar-refractivity contribution is 7.15. The predicted octanol–water partition coefficient (Wildman–Crippen LogP) is 3.58. The van der Waals surface area contributed by atoms with Crippen LogP contribution in [0.2, 0.25) is 0 Å². The van der Waals surface area contributed by atoms with E-state index in [1.165, 1.54) is 6.42 Å². The van der Waals surface area contributed by atoms with Crippen molar-refractivity contribution in [1.29, 1.82) is 0 Å². The molecule has 1 aliphatic heterocycles. The molecule has 2 aromatic rings. The van der Waals surface area contributed by atoms with E-state index in [4.69, 9.17) is 5.73 Å². The van der Waals surface area contributed by atoms with Gasteiger partial charge in [0.2, 0.25) is 0 Å². The van der Waals surface area contributed by atoms with Gasteiger partial charge in [0.15, 0.2) is 0 Å². The molecule has 0 aromatic carbocycles. The van der Waals surface area contributed by atoms with Gasteiger partial charge in [-0.2, -0.15) is 0 Å². The van der Waals surface area contributed by atoms with E-state index in [-0.39, 0.29) is 10.6 Å². The highest BCUT2D eigenvalue weighted by Gasteiger charge is 2.24. The number of nitrogens with two attached hydrogens (primary N) is 1. The molecule has 0 saturated carbocycles. The number of amides is 1. The minimum Gasteiger partial charge on any atom is -0.478 e. The summed E-state index contributed by atoms with van der Waals surface area (Å²) < 4.78 is 3.74. The van der Waals surface area contributed by atoms with Crippen LogP contribution < -0.4 is 11.1 Å². The highest BCUT2D eigenvalue weighted by atomic mass is 32.1. The van der Waals surface area contributed by atoms with Gasteiger partial charge in [0.25, 0.3) is 5.91 Å². The third-order valence-electron chi connectivity index (χ3n) is 4.87. The Hall–Kier alpha value is -3.05. The fourth-order valence-electron chi connectivity index (χ4n) is 3.22. The van der Waals surface area contributed by atoms with Crippen LogP contribution in [-0.2, 0) is 0 Å². The number of carboxylic acids is 1. The summed E-state index contributed by atoms with van der Waals surface area (Å²) in [5.74, 6) is -1.01. The molecule has 2 aromatic heterocycles. The first-order chi connectivity index (χ1) is 14.8. The number of hydrogen-bond donors (Lipinski definition) is 3. The lowest BCUT2D eigenvalue weighted by Crippen LogP contribution is -2.27. The van der Waals surface area contributed by atoms with Gasteiger partial charge in [0.1, 0.15) is 21.3 Å². The van der Waals surface area contributed by atoms with Gasteiger partial charge in [-0.05, 0) is 44.6 Å². The van der Waals surface area contributed by atoms with Crippen molar-refractivity contribution >= 4 is 51.5 Å².